The van der Waals surface area contributed by atoms with E-state index >= 15 is 0 Å². The van der Waals surface area contributed by atoms with E-state index in [4.69, 9.17) is 10.5 Å². The van der Waals surface area contributed by atoms with Crippen LogP contribution in [0.1, 0.15) is 30.4 Å². The smallest absolute Gasteiger partial charge is 0.122 e. The molecule has 0 saturated heterocycles. The van der Waals surface area contributed by atoms with Crippen molar-refractivity contribution in [3.05, 3.63) is 29.3 Å². The van der Waals surface area contributed by atoms with Gasteiger partial charge < -0.3 is 10.5 Å². The van der Waals surface area contributed by atoms with Gasteiger partial charge in [-0.15, -0.1) is 0 Å². The molecular weight excluding hydrogens is 222 g/mol. The van der Waals surface area contributed by atoms with E-state index in [2.05, 4.69) is 25.1 Å². The second-order valence-corrected chi connectivity index (χ2v) is 6.36. The van der Waals surface area contributed by atoms with Crippen molar-refractivity contribution in [2.24, 2.45) is 23.0 Å². The predicted molar refractivity (Wildman–Crippen MR) is 73.8 cm³/mol. The molecule has 2 aliphatic carbocycles. The molecule has 2 aliphatic rings. The fraction of sp³-hybridized carbons (Fsp3) is 0.625. The van der Waals surface area contributed by atoms with Crippen LogP contribution < -0.4 is 10.5 Å². The van der Waals surface area contributed by atoms with E-state index in [1.54, 1.807) is 7.11 Å². The minimum atomic E-state index is 0.342. The molecule has 0 spiro atoms. The van der Waals surface area contributed by atoms with Crippen LogP contribution in [0.4, 0.5) is 0 Å². The van der Waals surface area contributed by atoms with Crippen LogP contribution in [-0.2, 0) is 6.42 Å². The number of aryl methyl sites for hydroxylation is 1. The third-order valence-corrected chi connectivity index (χ3v) is 4.89. The van der Waals surface area contributed by atoms with Gasteiger partial charge in [-0.1, -0.05) is 17.7 Å². The summed E-state index contributed by atoms with van der Waals surface area (Å²) in [7, 11) is 1.76. The first-order chi connectivity index (χ1) is 8.65. The van der Waals surface area contributed by atoms with Gasteiger partial charge in [0, 0.05) is 0 Å². The lowest BCUT2D eigenvalue weighted by molar-refractivity contribution is 0.268. The number of fused-ring (bicyclic) bond motifs is 1. The predicted octanol–water partition coefficient (Wildman–Crippen LogP) is 2.92. The fourth-order valence-corrected chi connectivity index (χ4v) is 3.84. The monoisotopic (exact) mass is 245 g/mol. The number of hydrogen-bond donors (Lipinski definition) is 1. The molecule has 98 valence electrons. The van der Waals surface area contributed by atoms with E-state index in [9.17, 15) is 0 Å². The summed E-state index contributed by atoms with van der Waals surface area (Å²) in [5, 5.41) is 0. The highest BCUT2D eigenvalue weighted by atomic mass is 16.5. The maximum atomic E-state index is 6.09. The third kappa shape index (κ3) is 2.03. The van der Waals surface area contributed by atoms with Crippen LogP contribution in [0.25, 0.3) is 0 Å². The average Bonchev–Trinajstić information content (AvgIpc) is 2.98. The van der Waals surface area contributed by atoms with Gasteiger partial charge in [-0.3, -0.25) is 0 Å². The zero-order chi connectivity index (χ0) is 12.8. The fourth-order valence-electron chi connectivity index (χ4n) is 3.84. The molecule has 0 aromatic heterocycles. The van der Waals surface area contributed by atoms with Gasteiger partial charge in [-0.05, 0) is 68.0 Å². The van der Waals surface area contributed by atoms with Gasteiger partial charge in [0.1, 0.15) is 5.75 Å². The Balaban J connectivity index is 1.84. The Bertz CT molecular complexity index is 444. The molecule has 2 unspecified atom stereocenters. The minimum Gasteiger partial charge on any atom is -0.496 e. The van der Waals surface area contributed by atoms with E-state index in [-0.39, 0.29) is 0 Å². The lowest BCUT2D eigenvalue weighted by Gasteiger charge is -2.30. The Kier molecular flexibility index (Phi) is 2.86. The number of nitrogens with two attached hydrogens (primary N) is 1. The van der Waals surface area contributed by atoms with Gasteiger partial charge in [-0.2, -0.15) is 0 Å². The summed E-state index contributed by atoms with van der Waals surface area (Å²) in [5.41, 5.74) is 9.07. The molecule has 0 aliphatic heterocycles. The van der Waals surface area contributed by atoms with Crippen LogP contribution in [0.3, 0.4) is 0 Å². The zero-order valence-corrected chi connectivity index (χ0v) is 11.4. The Morgan fingerprint density at radius 3 is 2.67 bits per heavy atom. The Labute approximate surface area is 110 Å². The van der Waals surface area contributed by atoms with Crippen LogP contribution in [0, 0.1) is 24.2 Å². The summed E-state index contributed by atoms with van der Waals surface area (Å²) >= 11 is 0. The number of hydrogen-bond acceptors (Lipinski definition) is 2. The maximum Gasteiger partial charge on any atom is 0.122 e. The zero-order valence-electron chi connectivity index (χ0n) is 11.4. The molecule has 0 bridgehead atoms. The molecule has 2 nitrogen and oxygen atoms in total. The highest BCUT2D eigenvalue weighted by Crippen LogP contribution is 2.60. The Hall–Kier alpha value is -1.02. The van der Waals surface area contributed by atoms with Gasteiger partial charge in [0.25, 0.3) is 0 Å². The average molecular weight is 245 g/mol. The van der Waals surface area contributed by atoms with Crippen molar-refractivity contribution in [2.45, 2.75) is 32.6 Å². The minimum absolute atomic E-state index is 0.342. The number of benzene rings is 1. The first-order valence-corrected chi connectivity index (χ1v) is 6.99. The maximum absolute atomic E-state index is 6.09. The molecule has 2 fully saturated rings. The summed E-state index contributed by atoms with van der Waals surface area (Å²) in [4.78, 5) is 0. The molecule has 2 heteroatoms. The SMILES string of the molecule is COc1ccc(C)cc1CC1(CN)CC2CC2C1. The molecular formula is C16H23NO. The highest BCUT2D eigenvalue weighted by molar-refractivity contribution is 5.38. The van der Waals surface area contributed by atoms with Crippen molar-refractivity contribution in [3.8, 4) is 5.75 Å². The lowest BCUT2D eigenvalue weighted by Crippen LogP contribution is -2.31. The molecule has 1 aromatic rings. The topological polar surface area (TPSA) is 35.2 Å². The molecule has 2 saturated carbocycles. The van der Waals surface area contributed by atoms with Crippen molar-refractivity contribution in [1.29, 1.82) is 0 Å². The molecule has 3 rings (SSSR count). The quantitative estimate of drug-likeness (QED) is 0.885. The summed E-state index contributed by atoms with van der Waals surface area (Å²) in [6.07, 6.45) is 5.19. The normalized spacial score (nSPS) is 33.3. The van der Waals surface area contributed by atoms with Crippen LogP contribution in [0.2, 0.25) is 0 Å². The van der Waals surface area contributed by atoms with Crippen molar-refractivity contribution in [2.75, 3.05) is 13.7 Å². The Morgan fingerprint density at radius 1 is 1.33 bits per heavy atom. The van der Waals surface area contributed by atoms with E-state index in [0.717, 1.165) is 30.6 Å². The molecule has 0 radical (unpaired) electrons. The van der Waals surface area contributed by atoms with Gasteiger partial charge in [0.05, 0.1) is 7.11 Å². The molecule has 2 N–H and O–H groups in total. The number of methoxy groups -OCH3 is 1. The largest absolute Gasteiger partial charge is 0.496 e. The molecule has 18 heavy (non-hydrogen) atoms. The second kappa shape index (κ2) is 4.27. The summed E-state index contributed by atoms with van der Waals surface area (Å²) in [6, 6.07) is 6.47. The standard InChI is InChI=1S/C16H23NO/c1-11-3-4-15(18-2)14(5-11)9-16(10-17)7-12-6-13(12)8-16/h3-5,12-13H,6-10,17H2,1-2H3. The summed E-state index contributed by atoms with van der Waals surface area (Å²) in [6.45, 7) is 2.96. The van der Waals surface area contributed by atoms with Gasteiger partial charge in [0.2, 0.25) is 0 Å². The van der Waals surface area contributed by atoms with Crippen LogP contribution in [0.5, 0.6) is 5.75 Å². The van der Waals surface area contributed by atoms with Gasteiger partial charge >= 0.3 is 0 Å². The summed E-state index contributed by atoms with van der Waals surface area (Å²) in [5.74, 6) is 2.97. The van der Waals surface area contributed by atoms with Crippen molar-refractivity contribution >= 4 is 0 Å². The van der Waals surface area contributed by atoms with Crippen molar-refractivity contribution in [3.63, 3.8) is 0 Å². The van der Waals surface area contributed by atoms with E-state index in [1.165, 1.54) is 30.4 Å². The molecule has 0 heterocycles. The second-order valence-electron chi connectivity index (χ2n) is 6.36. The number of rotatable bonds is 4. The Morgan fingerprint density at radius 2 is 2.06 bits per heavy atom. The van der Waals surface area contributed by atoms with E-state index < -0.39 is 0 Å². The van der Waals surface area contributed by atoms with Crippen LogP contribution >= 0.6 is 0 Å². The van der Waals surface area contributed by atoms with E-state index in [0.29, 0.717) is 5.41 Å². The van der Waals surface area contributed by atoms with E-state index in [1.807, 2.05) is 0 Å². The van der Waals surface area contributed by atoms with Crippen molar-refractivity contribution in [1.82, 2.24) is 0 Å². The highest BCUT2D eigenvalue weighted by Gasteiger charge is 2.53. The van der Waals surface area contributed by atoms with Gasteiger partial charge in [0.15, 0.2) is 0 Å². The van der Waals surface area contributed by atoms with Crippen molar-refractivity contribution < 1.29 is 4.74 Å². The van der Waals surface area contributed by atoms with Crippen LogP contribution in [0.15, 0.2) is 18.2 Å². The molecule has 0 amide bonds. The third-order valence-electron chi connectivity index (χ3n) is 4.89. The first kappa shape index (κ1) is 12.0. The number of ether oxygens (including phenoxy) is 1. The summed E-state index contributed by atoms with van der Waals surface area (Å²) < 4.78 is 5.50. The lowest BCUT2D eigenvalue weighted by atomic mass is 9.77. The molecule has 1 aromatic carbocycles. The van der Waals surface area contributed by atoms with Gasteiger partial charge in [-0.25, -0.2) is 0 Å². The van der Waals surface area contributed by atoms with Crippen LogP contribution in [-0.4, -0.2) is 13.7 Å². The first-order valence-electron chi connectivity index (χ1n) is 6.99. The molecule has 2 atom stereocenters.